The van der Waals surface area contributed by atoms with Crippen LogP contribution in [0.15, 0.2) is 47.6 Å². The number of rotatable bonds is 5. The van der Waals surface area contributed by atoms with Gasteiger partial charge in [-0.25, -0.2) is 4.79 Å². The van der Waals surface area contributed by atoms with E-state index in [-0.39, 0.29) is 5.69 Å². The number of nitro groups is 1. The highest BCUT2D eigenvalue weighted by molar-refractivity contribution is 5.90. The summed E-state index contributed by atoms with van der Waals surface area (Å²) in [5.41, 5.74) is 1.16. The van der Waals surface area contributed by atoms with E-state index in [0.717, 1.165) is 12.1 Å². The number of hydrogen-bond donors (Lipinski definition) is 1. The molecule has 0 saturated heterocycles. The molecule has 0 radical (unpaired) electrons. The normalized spacial score (nSPS) is 11.4. The van der Waals surface area contributed by atoms with Crippen molar-refractivity contribution < 1.29 is 27.6 Å². The second kappa shape index (κ2) is 7.64. The highest BCUT2D eigenvalue weighted by Crippen LogP contribution is 2.34. The van der Waals surface area contributed by atoms with Gasteiger partial charge >= 0.3 is 12.1 Å². The lowest BCUT2D eigenvalue weighted by molar-refractivity contribution is -0.384. The van der Waals surface area contributed by atoms with Gasteiger partial charge in [-0.2, -0.15) is 18.3 Å². The first-order chi connectivity index (χ1) is 12.2. The summed E-state index contributed by atoms with van der Waals surface area (Å²) in [5, 5.41) is 14.7. The van der Waals surface area contributed by atoms with Crippen LogP contribution in [0, 0.1) is 10.1 Å². The summed E-state index contributed by atoms with van der Waals surface area (Å²) < 4.78 is 42.5. The minimum absolute atomic E-state index is 0.189. The van der Waals surface area contributed by atoms with Crippen LogP contribution in [-0.2, 0) is 10.9 Å². The predicted molar refractivity (Wildman–Crippen MR) is 87.1 cm³/mol. The first kappa shape index (κ1) is 18.9. The largest absolute Gasteiger partial charge is 0.465 e. The van der Waals surface area contributed by atoms with Crippen LogP contribution in [0.25, 0.3) is 0 Å². The van der Waals surface area contributed by atoms with Crippen molar-refractivity contribution in [2.75, 3.05) is 12.5 Å². The molecule has 0 aliphatic rings. The number of carbonyl (C=O) groups excluding carboxylic acids is 1. The van der Waals surface area contributed by atoms with E-state index < -0.39 is 28.3 Å². The SMILES string of the molecule is COC(=O)c1ccc(C=NNc2ccc(C(F)(F)F)cc2[N+](=O)[O-])cc1. The Labute approximate surface area is 145 Å². The van der Waals surface area contributed by atoms with Gasteiger partial charge in [0.05, 0.1) is 29.4 Å². The van der Waals surface area contributed by atoms with Crippen LogP contribution < -0.4 is 5.43 Å². The molecule has 7 nitrogen and oxygen atoms in total. The third kappa shape index (κ3) is 4.56. The molecule has 0 amide bonds. The standard InChI is InChI=1S/C16H12F3N3O4/c1-26-15(23)11-4-2-10(3-5-11)9-20-21-13-7-6-12(16(17,18)19)8-14(13)22(24)25/h2-9,21H,1H3. The van der Waals surface area contributed by atoms with Crippen molar-refractivity contribution in [1.82, 2.24) is 0 Å². The molecule has 2 aromatic rings. The van der Waals surface area contributed by atoms with E-state index in [1.165, 1.54) is 25.5 Å². The molecular weight excluding hydrogens is 355 g/mol. The molecule has 0 atom stereocenters. The van der Waals surface area contributed by atoms with Gasteiger partial charge in [0, 0.05) is 6.07 Å². The summed E-state index contributed by atoms with van der Waals surface area (Å²) in [6.07, 6.45) is -3.39. The quantitative estimate of drug-likeness (QED) is 0.375. The molecule has 2 rings (SSSR count). The maximum absolute atomic E-state index is 12.6. The van der Waals surface area contributed by atoms with Gasteiger partial charge in [-0.15, -0.1) is 0 Å². The van der Waals surface area contributed by atoms with Crippen molar-refractivity contribution in [2.45, 2.75) is 6.18 Å². The van der Waals surface area contributed by atoms with Crippen molar-refractivity contribution >= 4 is 23.6 Å². The minimum Gasteiger partial charge on any atom is -0.465 e. The molecule has 0 spiro atoms. The van der Waals surface area contributed by atoms with Crippen molar-refractivity contribution in [3.05, 3.63) is 69.3 Å². The van der Waals surface area contributed by atoms with Gasteiger partial charge in [-0.1, -0.05) is 12.1 Å². The fourth-order valence-corrected chi connectivity index (χ4v) is 1.95. The molecular formula is C16H12F3N3O4. The van der Waals surface area contributed by atoms with E-state index in [4.69, 9.17) is 0 Å². The summed E-state index contributed by atoms with van der Waals surface area (Å²) in [6.45, 7) is 0. The molecule has 0 heterocycles. The van der Waals surface area contributed by atoms with Crippen LogP contribution in [0.3, 0.4) is 0 Å². The Bertz CT molecular complexity index is 849. The number of alkyl halides is 3. The average molecular weight is 367 g/mol. The van der Waals surface area contributed by atoms with E-state index in [1.807, 2.05) is 0 Å². The van der Waals surface area contributed by atoms with E-state index in [2.05, 4.69) is 15.3 Å². The zero-order valence-corrected chi connectivity index (χ0v) is 13.3. The number of ether oxygens (including phenoxy) is 1. The number of nitrogens with one attached hydrogen (secondary N) is 1. The number of anilines is 1. The van der Waals surface area contributed by atoms with Gasteiger partial charge in [0.15, 0.2) is 0 Å². The lowest BCUT2D eigenvalue weighted by Gasteiger charge is -2.08. The van der Waals surface area contributed by atoms with E-state index in [0.29, 0.717) is 17.2 Å². The summed E-state index contributed by atoms with van der Waals surface area (Å²) in [5.74, 6) is -0.507. The highest BCUT2D eigenvalue weighted by atomic mass is 19.4. The first-order valence-electron chi connectivity index (χ1n) is 7.05. The van der Waals surface area contributed by atoms with Crippen molar-refractivity contribution in [3.8, 4) is 0 Å². The number of halogens is 3. The molecule has 1 N–H and O–H groups in total. The fourth-order valence-electron chi connectivity index (χ4n) is 1.95. The van der Waals surface area contributed by atoms with Gasteiger partial charge in [-0.05, 0) is 29.8 Å². The predicted octanol–water partition coefficient (Wildman–Crippen LogP) is 3.85. The molecule has 10 heteroatoms. The fraction of sp³-hybridized carbons (Fsp3) is 0.125. The number of benzene rings is 2. The summed E-state index contributed by atoms with van der Waals surface area (Å²) >= 11 is 0. The van der Waals surface area contributed by atoms with Crippen LogP contribution in [0.5, 0.6) is 0 Å². The molecule has 0 bridgehead atoms. The molecule has 26 heavy (non-hydrogen) atoms. The Kier molecular flexibility index (Phi) is 5.55. The summed E-state index contributed by atoms with van der Waals surface area (Å²) in [7, 11) is 1.25. The molecule has 0 aliphatic carbocycles. The molecule has 0 fully saturated rings. The smallest absolute Gasteiger partial charge is 0.416 e. The molecule has 0 aliphatic heterocycles. The number of hydrogen-bond acceptors (Lipinski definition) is 6. The van der Waals surface area contributed by atoms with Crippen molar-refractivity contribution in [2.24, 2.45) is 5.10 Å². The number of nitrogens with zero attached hydrogens (tertiary/aromatic N) is 2. The Balaban J connectivity index is 2.17. The van der Waals surface area contributed by atoms with Gasteiger partial charge in [0.1, 0.15) is 5.69 Å². The van der Waals surface area contributed by atoms with Gasteiger partial charge in [0.2, 0.25) is 0 Å². The third-order valence-corrected chi connectivity index (χ3v) is 3.25. The minimum atomic E-state index is -4.69. The third-order valence-electron chi connectivity index (χ3n) is 3.25. The number of nitro benzene ring substituents is 1. The molecule has 0 unspecified atom stereocenters. The van der Waals surface area contributed by atoms with E-state index in [9.17, 15) is 28.1 Å². The first-order valence-corrected chi connectivity index (χ1v) is 7.05. The van der Waals surface area contributed by atoms with Crippen LogP contribution in [0.1, 0.15) is 21.5 Å². The maximum atomic E-state index is 12.6. The molecule has 2 aromatic carbocycles. The Morgan fingerprint density at radius 3 is 2.42 bits per heavy atom. The molecule has 136 valence electrons. The average Bonchev–Trinajstić information content (AvgIpc) is 2.60. The Hall–Kier alpha value is -3.43. The second-order valence-corrected chi connectivity index (χ2v) is 4.97. The zero-order chi connectivity index (χ0) is 19.3. The molecule has 0 aromatic heterocycles. The lowest BCUT2D eigenvalue weighted by atomic mass is 10.1. The van der Waals surface area contributed by atoms with Gasteiger partial charge < -0.3 is 4.74 Å². The van der Waals surface area contributed by atoms with Gasteiger partial charge in [0.25, 0.3) is 5.69 Å². The van der Waals surface area contributed by atoms with E-state index >= 15 is 0 Å². The number of esters is 1. The van der Waals surface area contributed by atoms with Crippen LogP contribution in [0.4, 0.5) is 24.5 Å². The van der Waals surface area contributed by atoms with Gasteiger partial charge in [-0.3, -0.25) is 15.5 Å². The maximum Gasteiger partial charge on any atom is 0.416 e. The monoisotopic (exact) mass is 367 g/mol. The van der Waals surface area contributed by atoms with E-state index in [1.54, 1.807) is 12.1 Å². The summed E-state index contributed by atoms with van der Waals surface area (Å²) in [4.78, 5) is 21.3. The zero-order valence-electron chi connectivity index (χ0n) is 13.3. The second-order valence-electron chi connectivity index (χ2n) is 4.97. The van der Waals surface area contributed by atoms with Crippen LogP contribution in [-0.4, -0.2) is 24.2 Å². The number of carbonyl (C=O) groups is 1. The Morgan fingerprint density at radius 2 is 1.88 bits per heavy atom. The topological polar surface area (TPSA) is 93.8 Å². The number of hydrazone groups is 1. The van der Waals surface area contributed by atoms with Crippen molar-refractivity contribution in [3.63, 3.8) is 0 Å². The highest BCUT2D eigenvalue weighted by Gasteiger charge is 2.33. The van der Waals surface area contributed by atoms with Crippen molar-refractivity contribution in [1.29, 1.82) is 0 Å². The summed E-state index contributed by atoms with van der Waals surface area (Å²) in [6, 6.07) is 8.18. The number of methoxy groups -OCH3 is 1. The van der Waals surface area contributed by atoms with Crippen LogP contribution >= 0.6 is 0 Å². The van der Waals surface area contributed by atoms with Crippen LogP contribution in [0.2, 0.25) is 0 Å². The lowest BCUT2D eigenvalue weighted by Crippen LogP contribution is -2.06. The molecule has 0 saturated carbocycles. The Morgan fingerprint density at radius 1 is 1.23 bits per heavy atom.